The number of urea groups is 1. The lowest BCUT2D eigenvalue weighted by Gasteiger charge is -2.15. The van der Waals surface area contributed by atoms with Crippen LogP contribution in [0.1, 0.15) is 24.8 Å². The SMILES string of the molecule is Cc1nc2ccc(N[C@H](C)C(=O)NC(=O)NC3CC3)cc2s1. The van der Waals surface area contributed by atoms with Crippen molar-refractivity contribution in [3.05, 3.63) is 23.2 Å². The number of nitrogens with one attached hydrogen (secondary N) is 3. The molecule has 0 radical (unpaired) electrons. The molecule has 0 saturated heterocycles. The van der Waals surface area contributed by atoms with Crippen LogP contribution < -0.4 is 16.0 Å². The summed E-state index contributed by atoms with van der Waals surface area (Å²) >= 11 is 1.61. The fraction of sp³-hybridized carbons (Fsp3) is 0.400. The minimum Gasteiger partial charge on any atom is -0.374 e. The maximum atomic E-state index is 12.0. The lowest BCUT2D eigenvalue weighted by molar-refractivity contribution is -0.120. The highest BCUT2D eigenvalue weighted by Gasteiger charge is 2.24. The van der Waals surface area contributed by atoms with E-state index >= 15 is 0 Å². The van der Waals surface area contributed by atoms with Crippen LogP contribution in [0.5, 0.6) is 0 Å². The predicted octanol–water partition coefficient (Wildman–Crippen LogP) is 2.39. The van der Waals surface area contributed by atoms with Gasteiger partial charge in [0.25, 0.3) is 0 Å². The molecule has 0 spiro atoms. The number of benzene rings is 1. The van der Waals surface area contributed by atoms with Crippen LogP contribution in [0, 0.1) is 6.92 Å². The highest BCUT2D eigenvalue weighted by molar-refractivity contribution is 7.18. The highest BCUT2D eigenvalue weighted by Crippen LogP contribution is 2.25. The Morgan fingerprint density at radius 1 is 1.36 bits per heavy atom. The third kappa shape index (κ3) is 3.54. The summed E-state index contributed by atoms with van der Waals surface area (Å²) in [5.41, 5.74) is 1.79. The zero-order chi connectivity index (χ0) is 15.7. The van der Waals surface area contributed by atoms with Gasteiger partial charge in [-0.25, -0.2) is 9.78 Å². The van der Waals surface area contributed by atoms with Gasteiger partial charge in [0, 0.05) is 11.7 Å². The summed E-state index contributed by atoms with van der Waals surface area (Å²) in [6.07, 6.45) is 1.98. The first-order valence-corrected chi connectivity index (χ1v) is 8.08. The second-order valence-corrected chi connectivity index (χ2v) is 6.75. The van der Waals surface area contributed by atoms with E-state index in [4.69, 9.17) is 0 Å². The maximum absolute atomic E-state index is 12.0. The van der Waals surface area contributed by atoms with Gasteiger partial charge in [-0.2, -0.15) is 0 Å². The normalized spacial score (nSPS) is 15.4. The molecular formula is C15H18N4O2S. The number of hydrogen-bond donors (Lipinski definition) is 3. The van der Waals surface area contributed by atoms with Gasteiger partial charge in [-0.1, -0.05) is 0 Å². The molecule has 1 atom stereocenters. The van der Waals surface area contributed by atoms with Crippen molar-refractivity contribution in [3.8, 4) is 0 Å². The molecule has 1 heterocycles. The summed E-state index contributed by atoms with van der Waals surface area (Å²) in [4.78, 5) is 27.9. The standard InChI is InChI=1S/C15H18N4O2S/c1-8(14(20)19-15(21)18-10-3-4-10)16-11-5-6-12-13(7-11)22-9(2)17-12/h5-8,10,16H,3-4H2,1-2H3,(H2,18,19,20,21)/t8-/m1/s1. The number of hydrogen-bond acceptors (Lipinski definition) is 5. The first-order valence-electron chi connectivity index (χ1n) is 7.26. The molecule has 1 fully saturated rings. The Balaban J connectivity index is 1.59. The molecule has 3 rings (SSSR count). The lowest BCUT2D eigenvalue weighted by Crippen LogP contribution is -2.46. The summed E-state index contributed by atoms with van der Waals surface area (Å²) in [5.74, 6) is -0.348. The molecule has 2 aromatic rings. The minimum absolute atomic E-state index is 0.230. The van der Waals surface area contributed by atoms with Crippen molar-refractivity contribution in [2.75, 3.05) is 5.32 Å². The van der Waals surface area contributed by atoms with Gasteiger partial charge in [0.1, 0.15) is 6.04 Å². The van der Waals surface area contributed by atoms with Crippen molar-refractivity contribution in [3.63, 3.8) is 0 Å². The Morgan fingerprint density at radius 2 is 2.14 bits per heavy atom. The molecule has 1 saturated carbocycles. The Morgan fingerprint density at radius 3 is 2.86 bits per heavy atom. The van der Waals surface area contributed by atoms with Gasteiger partial charge >= 0.3 is 6.03 Å². The predicted molar refractivity (Wildman–Crippen MR) is 87.1 cm³/mol. The van der Waals surface area contributed by atoms with Gasteiger partial charge < -0.3 is 10.6 Å². The van der Waals surface area contributed by atoms with E-state index in [9.17, 15) is 9.59 Å². The Labute approximate surface area is 132 Å². The monoisotopic (exact) mass is 318 g/mol. The second-order valence-electron chi connectivity index (χ2n) is 5.52. The number of rotatable bonds is 4. The Bertz CT molecular complexity index is 723. The molecule has 3 amide bonds. The van der Waals surface area contributed by atoms with Crippen molar-refractivity contribution >= 4 is 39.2 Å². The van der Waals surface area contributed by atoms with E-state index in [1.54, 1.807) is 18.3 Å². The third-order valence-corrected chi connectivity index (χ3v) is 4.35. The van der Waals surface area contributed by atoms with Crippen LogP contribution >= 0.6 is 11.3 Å². The molecule has 7 heteroatoms. The molecule has 1 aromatic carbocycles. The zero-order valence-electron chi connectivity index (χ0n) is 12.5. The topological polar surface area (TPSA) is 83.1 Å². The number of carbonyl (C=O) groups is 2. The van der Waals surface area contributed by atoms with Crippen LogP contribution in [0.25, 0.3) is 10.2 Å². The number of aromatic nitrogens is 1. The molecule has 0 aliphatic heterocycles. The number of carbonyl (C=O) groups excluding carboxylic acids is 2. The fourth-order valence-corrected chi connectivity index (χ4v) is 2.98. The van der Waals surface area contributed by atoms with Crippen LogP contribution in [-0.2, 0) is 4.79 Å². The van der Waals surface area contributed by atoms with Crippen molar-refractivity contribution in [2.45, 2.75) is 38.8 Å². The number of aryl methyl sites for hydroxylation is 1. The van der Waals surface area contributed by atoms with Crippen LogP contribution in [0.2, 0.25) is 0 Å². The quantitative estimate of drug-likeness (QED) is 0.808. The first-order chi connectivity index (χ1) is 10.5. The molecule has 0 unspecified atom stereocenters. The van der Waals surface area contributed by atoms with E-state index in [1.165, 1.54) is 0 Å². The molecule has 6 nitrogen and oxygen atoms in total. The van der Waals surface area contributed by atoms with E-state index in [-0.39, 0.29) is 11.9 Å². The van der Waals surface area contributed by atoms with Crippen LogP contribution in [0.3, 0.4) is 0 Å². The smallest absolute Gasteiger partial charge is 0.321 e. The van der Waals surface area contributed by atoms with Gasteiger partial charge in [-0.05, 0) is 44.9 Å². The molecule has 0 bridgehead atoms. The van der Waals surface area contributed by atoms with E-state index in [0.29, 0.717) is 0 Å². The average Bonchev–Trinajstić information content (AvgIpc) is 3.17. The van der Waals surface area contributed by atoms with Crippen LogP contribution in [-0.4, -0.2) is 29.0 Å². The summed E-state index contributed by atoms with van der Waals surface area (Å²) in [7, 11) is 0. The van der Waals surface area contributed by atoms with Gasteiger partial charge in [-0.3, -0.25) is 10.1 Å². The summed E-state index contributed by atoms with van der Waals surface area (Å²) in [5, 5.41) is 9.19. The summed E-state index contributed by atoms with van der Waals surface area (Å²) in [6.45, 7) is 3.69. The first kappa shape index (κ1) is 14.8. The number of amides is 3. The number of thiazole rings is 1. The average molecular weight is 318 g/mol. The molecule has 3 N–H and O–H groups in total. The van der Waals surface area contributed by atoms with Crippen molar-refractivity contribution in [1.29, 1.82) is 0 Å². The Hall–Kier alpha value is -2.15. The molecule has 1 aliphatic rings. The van der Waals surface area contributed by atoms with Crippen molar-refractivity contribution in [1.82, 2.24) is 15.6 Å². The molecule has 116 valence electrons. The fourth-order valence-electron chi connectivity index (χ4n) is 2.11. The number of imide groups is 1. The van der Waals surface area contributed by atoms with Gasteiger partial charge in [0.2, 0.25) is 5.91 Å². The van der Waals surface area contributed by atoms with Crippen molar-refractivity contribution in [2.24, 2.45) is 0 Å². The van der Waals surface area contributed by atoms with Gasteiger partial charge in [0.05, 0.1) is 15.2 Å². The largest absolute Gasteiger partial charge is 0.374 e. The second kappa shape index (κ2) is 5.92. The maximum Gasteiger partial charge on any atom is 0.321 e. The number of fused-ring (bicyclic) bond motifs is 1. The van der Waals surface area contributed by atoms with E-state index in [0.717, 1.165) is 33.8 Å². The number of anilines is 1. The molecule has 1 aromatic heterocycles. The molecule has 22 heavy (non-hydrogen) atoms. The van der Waals surface area contributed by atoms with E-state index in [2.05, 4.69) is 20.9 Å². The zero-order valence-corrected chi connectivity index (χ0v) is 13.3. The Kier molecular flexibility index (Phi) is 3.98. The lowest BCUT2D eigenvalue weighted by atomic mass is 10.2. The van der Waals surface area contributed by atoms with E-state index < -0.39 is 12.1 Å². The molecule has 1 aliphatic carbocycles. The van der Waals surface area contributed by atoms with Crippen molar-refractivity contribution < 1.29 is 9.59 Å². The summed E-state index contributed by atoms with van der Waals surface area (Å²) < 4.78 is 1.07. The van der Waals surface area contributed by atoms with E-state index in [1.807, 2.05) is 25.1 Å². The third-order valence-electron chi connectivity index (χ3n) is 3.42. The van der Waals surface area contributed by atoms with Crippen LogP contribution in [0.4, 0.5) is 10.5 Å². The highest BCUT2D eigenvalue weighted by atomic mass is 32.1. The molecular weight excluding hydrogens is 300 g/mol. The summed E-state index contributed by atoms with van der Waals surface area (Å²) in [6, 6.07) is 5.08. The number of nitrogens with zero attached hydrogens (tertiary/aromatic N) is 1. The van der Waals surface area contributed by atoms with Gasteiger partial charge in [-0.15, -0.1) is 11.3 Å². The van der Waals surface area contributed by atoms with Gasteiger partial charge in [0.15, 0.2) is 0 Å². The van der Waals surface area contributed by atoms with Crippen LogP contribution in [0.15, 0.2) is 18.2 Å². The minimum atomic E-state index is -0.503.